The maximum Gasteiger partial charge on any atom is 2.00 e. The van der Waals surface area contributed by atoms with E-state index in [2.05, 4.69) is 0 Å². The Labute approximate surface area is 254 Å². The summed E-state index contributed by atoms with van der Waals surface area (Å²) in [5.41, 5.74) is -1.33. The Kier molecular flexibility index (Phi) is 26.8. The van der Waals surface area contributed by atoms with Crippen LogP contribution in [0.15, 0.2) is 0 Å². The van der Waals surface area contributed by atoms with Crippen molar-refractivity contribution in [3.63, 3.8) is 0 Å². The van der Waals surface area contributed by atoms with Crippen molar-refractivity contribution >= 4 is 40.3 Å². The Morgan fingerprint density at radius 3 is 0.795 bits per heavy atom. The summed E-state index contributed by atoms with van der Waals surface area (Å²) in [7, 11) is 0.720. The van der Waals surface area contributed by atoms with Gasteiger partial charge in [-0.25, -0.2) is 0 Å². The van der Waals surface area contributed by atoms with Crippen molar-refractivity contribution in [1.29, 1.82) is 0 Å². The molecular weight excluding hydrogens is 716 g/mol. The molecule has 0 heterocycles. The van der Waals surface area contributed by atoms with Gasteiger partial charge in [0.2, 0.25) is 0 Å². The third kappa shape index (κ3) is 13.4. The summed E-state index contributed by atoms with van der Waals surface area (Å²) in [5, 5.41) is 0. The number of carbonyl (C=O) groups is 4. The smallest absolute Gasteiger partial charge is 0.397 e. The fourth-order valence-electron chi connectivity index (χ4n) is 4.94. The predicted octanol–water partition coefficient (Wildman–Crippen LogP) is 6.48. The second-order valence-electron chi connectivity index (χ2n) is 9.67. The summed E-state index contributed by atoms with van der Waals surface area (Å²) >= 11 is 0. The van der Waals surface area contributed by atoms with E-state index in [1.807, 2.05) is 41.5 Å². The van der Waals surface area contributed by atoms with E-state index >= 15 is 0 Å². The molecule has 0 aliphatic rings. The Bertz CT molecular complexity index is 603. The Morgan fingerprint density at radius 1 is 0.462 bits per heavy atom. The number of carbonyl (C=O) groups excluding carboxylic acids is 4. The van der Waals surface area contributed by atoms with E-state index < -0.39 is 28.2 Å². The zero-order valence-electron chi connectivity index (χ0n) is 26.2. The van der Waals surface area contributed by atoms with Crippen molar-refractivity contribution in [3.8, 4) is 0 Å². The van der Waals surface area contributed by atoms with E-state index in [0.717, 1.165) is 38.5 Å². The molecule has 0 radical (unpaired) electrons. The molecule has 0 aromatic heterocycles. The fourth-order valence-corrected chi connectivity index (χ4v) is 11.5. The van der Waals surface area contributed by atoms with Gasteiger partial charge in [-0.2, -0.15) is 0 Å². The Balaban J connectivity index is -0.000000648. The van der Waals surface area contributed by atoms with Gasteiger partial charge in [0, 0.05) is 54.1 Å². The summed E-state index contributed by atoms with van der Waals surface area (Å²) in [4.78, 5) is 49.4. The van der Waals surface area contributed by atoms with E-state index in [1.165, 1.54) is 0 Å². The SMILES string of the molecule is CCCC(=O)C(C(=O)CCC)[Si](CCC)(OC)OC.CCCC(=O)C(C(=O)CCC)[Si](CCC)(OC)OC.[Pt+2]. The van der Waals surface area contributed by atoms with Gasteiger partial charge in [0.15, 0.2) is 0 Å². The average Bonchev–Trinajstić information content (AvgIpc) is 2.89. The van der Waals surface area contributed by atoms with Crippen molar-refractivity contribution in [1.82, 2.24) is 0 Å². The third-order valence-corrected chi connectivity index (χ3v) is 14.9. The van der Waals surface area contributed by atoms with Crippen LogP contribution in [-0.4, -0.2) is 68.7 Å². The number of Topliss-reactive ketones (excluding diaryl/α,β-unsaturated/α-hetero) is 4. The van der Waals surface area contributed by atoms with Crippen LogP contribution in [-0.2, 0) is 57.9 Å². The largest absolute Gasteiger partial charge is 2.00 e. The fraction of sp³-hybridized carbons (Fsp3) is 0.857. The van der Waals surface area contributed by atoms with Crippen LogP contribution in [0.4, 0.5) is 0 Å². The molecule has 0 fully saturated rings. The van der Waals surface area contributed by atoms with Crippen molar-refractivity contribution in [2.75, 3.05) is 28.4 Å². The summed E-state index contributed by atoms with van der Waals surface area (Å²) < 4.78 is 22.4. The minimum absolute atomic E-state index is 0. The van der Waals surface area contributed by atoms with Crippen LogP contribution in [0.3, 0.4) is 0 Å². The van der Waals surface area contributed by atoms with Crippen LogP contribution in [0.5, 0.6) is 0 Å². The molecule has 0 aromatic carbocycles. The standard InChI is InChI=1S/2C14H28O4Si.Pt/c2*1-6-9-12(15)14(13(16)10-7-2)19(17-4,18-5)11-8-3;/h2*14H,6-11H2,1-5H3;/q;;+2. The van der Waals surface area contributed by atoms with Crippen molar-refractivity contribution in [2.24, 2.45) is 0 Å². The molecule has 0 spiro atoms. The number of hydrogen-bond donors (Lipinski definition) is 0. The topological polar surface area (TPSA) is 105 Å². The van der Waals surface area contributed by atoms with Gasteiger partial charge in [-0.15, -0.1) is 0 Å². The monoisotopic (exact) mass is 771 g/mol. The maximum atomic E-state index is 12.4. The summed E-state index contributed by atoms with van der Waals surface area (Å²) in [6, 6.07) is 1.35. The molecular formula is C28H56O8PtSi2+2. The molecule has 0 aromatic rings. The van der Waals surface area contributed by atoms with Crippen LogP contribution < -0.4 is 0 Å². The molecule has 0 rings (SSSR count). The molecule has 0 amide bonds. The van der Waals surface area contributed by atoms with Gasteiger partial charge < -0.3 is 17.7 Å². The van der Waals surface area contributed by atoms with Gasteiger partial charge in [0.1, 0.15) is 34.2 Å². The van der Waals surface area contributed by atoms with E-state index in [4.69, 9.17) is 17.7 Å². The Hall–Kier alpha value is -0.358. The van der Waals surface area contributed by atoms with Gasteiger partial charge in [-0.1, -0.05) is 54.4 Å². The molecule has 232 valence electrons. The molecule has 0 atom stereocenters. The Morgan fingerprint density at radius 2 is 0.667 bits per heavy atom. The molecule has 0 aliphatic heterocycles. The van der Waals surface area contributed by atoms with Gasteiger partial charge in [-0.05, 0) is 37.8 Å². The van der Waals surface area contributed by atoms with Gasteiger partial charge in [-0.3, -0.25) is 19.2 Å². The first-order valence-electron chi connectivity index (χ1n) is 14.4. The van der Waals surface area contributed by atoms with Crippen LogP contribution in [0.2, 0.25) is 23.2 Å². The molecule has 0 saturated carbocycles. The first-order chi connectivity index (χ1) is 18.0. The van der Waals surface area contributed by atoms with Gasteiger partial charge >= 0.3 is 38.2 Å². The summed E-state index contributed by atoms with van der Waals surface area (Å²) in [6.07, 6.45) is 6.38. The average molecular weight is 772 g/mol. The van der Waals surface area contributed by atoms with Crippen LogP contribution in [0, 0.1) is 0 Å². The van der Waals surface area contributed by atoms with Crippen molar-refractivity contribution in [3.05, 3.63) is 0 Å². The molecule has 0 N–H and O–H groups in total. The molecule has 11 heteroatoms. The normalized spacial score (nSPS) is 11.6. The van der Waals surface area contributed by atoms with E-state index in [1.54, 1.807) is 28.4 Å². The zero-order valence-corrected chi connectivity index (χ0v) is 30.5. The van der Waals surface area contributed by atoms with E-state index in [0.29, 0.717) is 37.8 Å². The number of ketones is 4. The van der Waals surface area contributed by atoms with Gasteiger partial charge in [0.25, 0.3) is 0 Å². The minimum Gasteiger partial charge on any atom is -0.397 e. The van der Waals surface area contributed by atoms with E-state index in [9.17, 15) is 19.2 Å². The van der Waals surface area contributed by atoms with E-state index in [-0.39, 0.29) is 44.2 Å². The number of hydrogen-bond acceptors (Lipinski definition) is 8. The predicted molar refractivity (Wildman–Crippen MR) is 157 cm³/mol. The quantitative estimate of drug-likeness (QED) is 0.0911. The first-order valence-corrected chi connectivity index (χ1v) is 18.6. The van der Waals surface area contributed by atoms with Crippen LogP contribution >= 0.6 is 0 Å². The second-order valence-corrected chi connectivity index (χ2v) is 16.7. The van der Waals surface area contributed by atoms with Crippen LogP contribution in [0.25, 0.3) is 0 Å². The first kappa shape index (κ1) is 43.1. The van der Waals surface area contributed by atoms with Crippen molar-refractivity contribution in [2.45, 2.75) is 129 Å². The van der Waals surface area contributed by atoms with Gasteiger partial charge in [0.05, 0.1) is 0 Å². The molecule has 39 heavy (non-hydrogen) atoms. The van der Waals surface area contributed by atoms with Crippen LogP contribution in [0.1, 0.15) is 106 Å². The van der Waals surface area contributed by atoms with Crippen molar-refractivity contribution < 1.29 is 57.9 Å². The zero-order chi connectivity index (χ0) is 29.8. The maximum absolute atomic E-state index is 12.4. The third-order valence-electron chi connectivity index (χ3n) is 6.73. The summed E-state index contributed by atoms with van der Waals surface area (Å²) in [6.45, 7) is 11.8. The molecule has 0 saturated heterocycles. The number of rotatable bonds is 22. The second kappa shape index (κ2) is 24.3. The minimum atomic E-state index is -2.77. The summed E-state index contributed by atoms with van der Waals surface area (Å²) in [5.74, 6) is -0.0379. The molecule has 0 unspecified atom stereocenters. The molecule has 0 bridgehead atoms. The molecule has 8 nitrogen and oxygen atoms in total. The molecule has 0 aliphatic carbocycles.